The van der Waals surface area contributed by atoms with Crippen molar-refractivity contribution in [3.63, 3.8) is 0 Å². The number of carboxylic acids is 2. The number of guanidine groups is 1. The molecule has 0 radical (unpaired) electrons. The number of nitrogens with two attached hydrogens (primary N) is 3. The molecule has 0 aliphatic rings. The molecular weight excluding hydrogens is 558 g/mol. The van der Waals surface area contributed by atoms with E-state index in [0.717, 1.165) is 0 Å². The van der Waals surface area contributed by atoms with Gasteiger partial charge in [0.15, 0.2) is 5.96 Å². The predicted octanol–water partition coefficient (Wildman–Crippen LogP) is -1.53. The summed E-state index contributed by atoms with van der Waals surface area (Å²) < 4.78 is 0. The fourth-order valence-corrected chi connectivity index (χ4v) is 4.06. The van der Waals surface area contributed by atoms with E-state index in [9.17, 15) is 34.2 Å². The zero-order valence-corrected chi connectivity index (χ0v) is 23.6. The van der Waals surface area contributed by atoms with E-state index in [2.05, 4.69) is 20.9 Å². The SMILES string of the molecule is CSCCC(N)C(=O)NC(Cc1ccc(O)cc1)C(=O)NC(CCCN=C(N)N)C(=O)NC(CCC(=O)O)C(=O)O. The first-order chi connectivity index (χ1) is 19.3. The molecule has 12 N–H and O–H groups in total. The average molecular weight is 598 g/mol. The molecule has 0 aromatic heterocycles. The van der Waals surface area contributed by atoms with Gasteiger partial charge in [-0.1, -0.05) is 12.1 Å². The molecule has 1 aromatic rings. The van der Waals surface area contributed by atoms with Crippen LogP contribution in [-0.2, 0) is 30.4 Å². The molecule has 1 aromatic carbocycles. The maximum Gasteiger partial charge on any atom is 0.326 e. The lowest BCUT2D eigenvalue weighted by Gasteiger charge is -2.25. The number of amides is 3. The highest BCUT2D eigenvalue weighted by Crippen LogP contribution is 2.12. The van der Waals surface area contributed by atoms with Gasteiger partial charge in [0.1, 0.15) is 23.9 Å². The van der Waals surface area contributed by atoms with Gasteiger partial charge >= 0.3 is 11.9 Å². The van der Waals surface area contributed by atoms with Crippen LogP contribution in [0.1, 0.15) is 37.7 Å². The number of hydrogen-bond donors (Lipinski definition) is 9. The first-order valence-corrected chi connectivity index (χ1v) is 14.2. The van der Waals surface area contributed by atoms with Gasteiger partial charge in [-0.2, -0.15) is 11.8 Å². The molecule has 0 fully saturated rings. The molecule has 0 aliphatic heterocycles. The second-order valence-corrected chi connectivity index (χ2v) is 10.1. The third-order valence-corrected chi connectivity index (χ3v) is 6.46. The molecular formula is C25H39N7O8S. The molecule has 0 saturated carbocycles. The number of phenols is 1. The van der Waals surface area contributed by atoms with E-state index < -0.39 is 60.2 Å². The Kier molecular flexibility index (Phi) is 15.6. The van der Waals surface area contributed by atoms with Crippen LogP contribution in [0.5, 0.6) is 5.75 Å². The lowest BCUT2D eigenvalue weighted by atomic mass is 10.0. The van der Waals surface area contributed by atoms with Gasteiger partial charge in [-0.25, -0.2) is 4.79 Å². The minimum Gasteiger partial charge on any atom is -0.508 e. The molecule has 0 saturated heterocycles. The van der Waals surface area contributed by atoms with Gasteiger partial charge in [-0.15, -0.1) is 0 Å². The van der Waals surface area contributed by atoms with Crippen LogP contribution in [0.15, 0.2) is 29.3 Å². The van der Waals surface area contributed by atoms with Crippen LogP contribution in [-0.4, -0.2) is 93.7 Å². The summed E-state index contributed by atoms with van der Waals surface area (Å²) in [6.45, 7) is 0.112. The largest absolute Gasteiger partial charge is 0.508 e. The van der Waals surface area contributed by atoms with E-state index >= 15 is 0 Å². The Labute approximate surface area is 241 Å². The summed E-state index contributed by atoms with van der Waals surface area (Å²) in [6.07, 6.45) is 1.55. The van der Waals surface area contributed by atoms with Crippen LogP contribution >= 0.6 is 11.8 Å². The number of nitrogens with one attached hydrogen (secondary N) is 3. The lowest BCUT2D eigenvalue weighted by molar-refractivity contribution is -0.143. The Hall–Kier alpha value is -4.05. The number of aliphatic carboxylic acids is 2. The number of carboxylic acid groups (broad SMARTS) is 2. The molecule has 41 heavy (non-hydrogen) atoms. The second kappa shape index (κ2) is 18.3. The van der Waals surface area contributed by atoms with Crippen molar-refractivity contribution in [2.45, 2.75) is 62.7 Å². The first kappa shape index (κ1) is 35.0. The monoisotopic (exact) mass is 597 g/mol. The second-order valence-electron chi connectivity index (χ2n) is 9.16. The van der Waals surface area contributed by atoms with Crippen LogP contribution in [0.2, 0.25) is 0 Å². The van der Waals surface area contributed by atoms with E-state index in [1.807, 2.05) is 6.26 Å². The van der Waals surface area contributed by atoms with Gasteiger partial charge in [0.25, 0.3) is 0 Å². The van der Waals surface area contributed by atoms with Crippen LogP contribution in [0, 0.1) is 0 Å². The number of thioether (sulfide) groups is 1. The zero-order chi connectivity index (χ0) is 30.9. The smallest absolute Gasteiger partial charge is 0.326 e. The van der Waals surface area contributed by atoms with Gasteiger partial charge in [0, 0.05) is 19.4 Å². The summed E-state index contributed by atoms with van der Waals surface area (Å²) >= 11 is 1.50. The molecule has 0 spiro atoms. The van der Waals surface area contributed by atoms with Gasteiger partial charge in [0.05, 0.1) is 6.04 Å². The van der Waals surface area contributed by atoms with E-state index in [1.165, 1.54) is 23.9 Å². The molecule has 16 heteroatoms. The minimum atomic E-state index is -1.52. The highest BCUT2D eigenvalue weighted by Gasteiger charge is 2.30. The Bertz CT molecular complexity index is 1070. The zero-order valence-electron chi connectivity index (χ0n) is 22.7. The van der Waals surface area contributed by atoms with Crippen LogP contribution in [0.3, 0.4) is 0 Å². The number of carbonyl (C=O) groups is 5. The summed E-state index contributed by atoms with van der Waals surface area (Å²) in [7, 11) is 0. The van der Waals surface area contributed by atoms with Crippen LogP contribution in [0.25, 0.3) is 0 Å². The number of benzene rings is 1. The molecule has 0 heterocycles. The Morgan fingerprint density at radius 1 is 0.878 bits per heavy atom. The number of phenolic OH excluding ortho intramolecular Hbond substituents is 1. The predicted molar refractivity (Wildman–Crippen MR) is 153 cm³/mol. The van der Waals surface area contributed by atoms with E-state index in [1.54, 1.807) is 12.1 Å². The van der Waals surface area contributed by atoms with Gasteiger partial charge in [0.2, 0.25) is 17.7 Å². The minimum absolute atomic E-state index is 0.00580. The molecule has 1 rings (SSSR count). The summed E-state index contributed by atoms with van der Waals surface area (Å²) in [5.41, 5.74) is 17.2. The number of nitrogens with zero attached hydrogens (tertiary/aromatic N) is 1. The van der Waals surface area contributed by atoms with Gasteiger partial charge in [-0.3, -0.25) is 24.2 Å². The first-order valence-electron chi connectivity index (χ1n) is 12.8. The molecule has 0 bridgehead atoms. The van der Waals surface area contributed by atoms with Crippen molar-refractivity contribution in [3.05, 3.63) is 29.8 Å². The third kappa shape index (κ3) is 14.2. The molecule has 0 aliphatic carbocycles. The molecule has 4 unspecified atom stereocenters. The third-order valence-electron chi connectivity index (χ3n) is 5.82. The van der Waals surface area contributed by atoms with E-state index in [4.69, 9.17) is 22.3 Å². The molecule has 4 atom stereocenters. The van der Waals surface area contributed by atoms with Gasteiger partial charge < -0.3 is 48.5 Å². The Balaban J connectivity index is 3.17. The van der Waals surface area contributed by atoms with Crippen molar-refractivity contribution in [3.8, 4) is 5.75 Å². The maximum absolute atomic E-state index is 13.4. The normalized spacial score (nSPS) is 13.6. The number of aromatic hydroxyl groups is 1. The van der Waals surface area contributed by atoms with Crippen molar-refractivity contribution in [2.75, 3.05) is 18.6 Å². The quantitative estimate of drug-likeness (QED) is 0.0499. The highest BCUT2D eigenvalue weighted by molar-refractivity contribution is 7.98. The van der Waals surface area contributed by atoms with Crippen molar-refractivity contribution in [1.29, 1.82) is 0 Å². The summed E-state index contributed by atoms with van der Waals surface area (Å²) in [5.74, 6) is -4.43. The average Bonchev–Trinajstić information content (AvgIpc) is 2.91. The standard InChI is InChI=1S/C25H39N7O8S/c1-41-12-10-16(26)21(36)32-19(13-14-4-6-15(33)7-5-14)23(38)30-17(3-2-11-29-25(27)28)22(37)31-18(24(39)40)8-9-20(34)35/h4-7,16-19,33H,2-3,8-13,26H2,1H3,(H,30,38)(H,31,37)(H,32,36)(H,34,35)(H,39,40)(H4,27,28,29). The molecule has 3 amide bonds. The molecule has 228 valence electrons. The van der Waals surface area contributed by atoms with Crippen LogP contribution in [0.4, 0.5) is 0 Å². The van der Waals surface area contributed by atoms with Crippen molar-refractivity contribution < 1.29 is 39.3 Å². The number of aliphatic imine (C=N–C) groups is 1. The Morgan fingerprint density at radius 3 is 2.02 bits per heavy atom. The van der Waals surface area contributed by atoms with Gasteiger partial charge in [-0.05, 0) is 55.4 Å². The summed E-state index contributed by atoms with van der Waals surface area (Å²) in [5, 5.41) is 35.4. The highest BCUT2D eigenvalue weighted by atomic mass is 32.2. The molecule has 15 nitrogen and oxygen atoms in total. The summed E-state index contributed by atoms with van der Waals surface area (Å²) in [6, 6.07) is 1.11. The van der Waals surface area contributed by atoms with Crippen molar-refractivity contribution in [1.82, 2.24) is 16.0 Å². The number of hydrogen-bond acceptors (Lipinski definition) is 9. The summed E-state index contributed by atoms with van der Waals surface area (Å²) in [4.78, 5) is 65.6. The number of carbonyl (C=O) groups excluding carboxylic acids is 3. The fourth-order valence-electron chi connectivity index (χ4n) is 3.57. The Morgan fingerprint density at radius 2 is 1.46 bits per heavy atom. The number of rotatable bonds is 19. The van der Waals surface area contributed by atoms with Crippen LogP contribution < -0.4 is 33.2 Å². The van der Waals surface area contributed by atoms with Crippen molar-refractivity contribution in [2.24, 2.45) is 22.2 Å². The maximum atomic E-state index is 13.4. The lowest BCUT2D eigenvalue weighted by Crippen LogP contribution is -2.57. The fraction of sp³-hybridized carbons (Fsp3) is 0.520. The van der Waals surface area contributed by atoms with E-state index in [-0.39, 0.29) is 43.9 Å². The van der Waals surface area contributed by atoms with E-state index in [0.29, 0.717) is 17.7 Å². The topological polar surface area (TPSA) is 273 Å². The van der Waals surface area contributed by atoms with Crippen molar-refractivity contribution >= 4 is 47.4 Å².